The van der Waals surface area contributed by atoms with Crippen LogP contribution in [0, 0.1) is 11.8 Å². The van der Waals surface area contributed by atoms with Crippen LogP contribution in [0.5, 0.6) is 0 Å². The third kappa shape index (κ3) is 5.18. The van der Waals surface area contributed by atoms with Gasteiger partial charge in [0.15, 0.2) is 0 Å². The number of nitrogens with one attached hydrogen (secondary N) is 1. The zero-order chi connectivity index (χ0) is 24.9. The van der Waals surface area contributed by atoms with Crippen LogP contribution >= 0.6 is 0 Å². The fourth-order valence-corrected chi connectivity index (χ4v) is 5.17. The standard InChI is InChI=1S/C30H31N3O3/c1-36-30(35)24-12-10-21(11-13-24)18-32-29(34)27-9-5-8-23-16-17-33(28(23)27)20-26-15-14-25(19-31-26)22-6-3-2-4-7-22/h2-9,14-17,19,21,24H,10-13,18,20H2,1H3,(H,32,34). The van der Waals surface area contributed by atoms with Crippen LogP contribution in [0.15, 0.2) is 79.1 Å². The van der Waals surface area contributed by atoms with E-state index in [0.29, 0.717) is 24.6 Å². The number of rotatable bonds is 7. The van der Waals surface area contributed by atoms with Crippen molar-refractivity contribution < 1.29 is 14.3 Å². The summed E-state index contributed by atoms with van der Waals surface area (Å²) in [7, 11) is 1.45. The molecular weight excluding hydrogens is 450 g/mol. The topological polar surface area (TPSA) is 73.2 Å². The van der Waals surface area contributed by atoms with Crippen molar-refractivity contribution in [2.75, 3.05) is 13.7 Å². The Hall–Kier alpha value is -3.93. The molecule has 0 radical (unpaired) electrons. The molecule has 0 atom stereocenters. The third-order valence-electron chi connectivity index (χ3n) is 7.23. The molecule has 1 amide bonds. The zero-order valence-corrected chi connectivity index (χ0v) is 20.5. The number of carbonyl (C=O) groups is 2. The number of fused-ring (bicyclic) bond motifs is 1. The van der Waals surface area contributed by atoms with E-state index in [-0.39, 0.29) is 17.8 Å². The number of aromatic nitrogens is 2. The maximum absolute atomic E-state index is 13.2. The quantitative estimate of drug-likeness (QED) is 0.356. The highest BCUT2D eigenvalue weighted by atomic mass is 16.5. The number of benzene rings is 2. The smallest absolute Gasteiger partial charge is 0.308 e. The second-order valence-corrected chi connectivity index (χ2v) is 9.54. The summed E-state index contributed by atoms with van der Waals surface area (Å²) in [6.45, 7) is 1.20. The van der Waals surface area contributed by atoms with Crippen molar-refractivity contribution in [3.63, 3.8) is 0 Å². The molecule has 2 heterocycles. The van der Waals surface area contributed by atoms with E-state index in [2.05, 4.69) is 33.1 Å². The molecule has 36 heavy (non-hydrogen) atoms. The highest BCUT2D eigenvalue weighted by molar-refractivity contribution is 6.06. The first kappa shape index (κ1) is 23.8. The molecule has 4 aromatic rings. The second-order valence-electron chi connectivity index (χ2n) is 9.54. The number of methoxy groups -OCH3 is 1. The molecule has 5 rings (SSSR count). The minimum absolute atomic E-state index is 0.00524. The van der Waals surface area contributed by atoms with Crippen LogP contribution in [0.25, 0.3) is 22.0 Å². The lowest BCUT2D eigenvalue weighted by atomic mass is 9.82. The summed E-state index contributed by atoms with van der Waals surface area (Å²) < 4.78 is 6.97. The van der Waals surface area contributed by atoms with Crippen molar-refractivity contribution in [1.29, 1.82) is 0 Å². The van der Waals surface area contributed by atoms with Gasteiger partial charge in [0.05, 0.1) is 36.3 Å². The molecule has 1 aliphatic carbocycles. The number of hydrogen-bond donors (Lipinski definition) is 1. The van der Waals surface area contributed by atoms with Gasteiger partial charge in [0.25, 0.3) is 5.91 Å². The molecule has 6 heteroatoms. The van der Waals surface area contributed by atoms with Crippen LogP contribution in [-0.2, 0) is 16.1 Å². The van der Waals surface area contributed by atoms with Crippen LogP contribution in [0.2, 0.25) is 0 Å². The van der Waals surface area contributed by atoms with E-state index in [4.69, 9.17) is 4.74 Å². The number of pyridine rings is 1. The Morgan fingerprint density at radius 2 is 1.75 bits per heavy atom. The van der Waals surface area contributed by atoms with Crippen molar-refractivity contribution >= 4 is 22.8 Å². The van der Waals surface area contributed by atoms with Crippen LogP contribution in [-0.4, -0.2) is 35.1 Å². The highest BCUT2D eigenvalue weighted by Gasteiger charge is 2.27. The van der Waals surface area contributed by atoms with E-state index >= 15 is 0 Å². The number of para-hydroxylation sites is 1. The van der Waals surface area contributed by atoms with Crippen molar-refractivity contribution in [2.24, 2.45) is 11.8 Å². The van der Waals surface area contributed by atoms with E-state index in [1.54, 1.807) is 0 Å². The van der Waals surface area contributed by atoms with Gasteiger partial charge in [-0.15, -0.1) is 0 Å². The Morgan fingerprint density at radius 3 is 2.47 bits per heavy atom. The molecule has 0 bridgehead atoms. The summed E-state index contributed by atoms with van der Waals surface area (Å²) in [4.78, 5) is 29.7. The number of amides is 1. The number of hydrogen-bond acceptors (Lipinski definition) is 4. The molecule has 0 aliphatic heterocycles. The lowest BCUT2D eigenvalue weighted by molar-refractivity contribution is -0.146. The van der Waals surface area contributed by atoms with Crippen LogP contribution in [0.1, 0.15) is 41.7 Å². The summed E-state index contributed by atoms with van der Waals surface area (Å²) in [5.74, 6) is 0.194. The minimum Gasteiger partial charge on any atom is -0.469 e. The Bertz CT molecular complexity index is 1340. The van der Waals surface area contributed by atoms with E-state index < -0.39 is 0 Å². The number of nitrogens with zero attached hydrogens (tertiary/aromatic N) is 2. The maximum Gasteiger partial charge on any atom is 0.308 e. The van der Waals surface area contributed by atoms with Gasteiger partial charge in [0.1, 0.15) is 0 Å². The van der Waals surface area contributed by atoms with Crippen LogP contribution in [0.3, 0.4) is 0 Å². The summed E-state index contributed by atoms with van der Waals surface area (Å²) in [6.07, 6.45) is 7.40. The first-order valence-corrected chi connectivity index (χ1v) is 12.6. The normalized spacial score (nSPS) is 17.6. The van der Waals surface area contributed by atoms with Gasteiger partial charge in [-0.05, 0) is 55.4 Å². The van der Waals surface area contributed by atoms with Gasteiger partial charge in [0, 0.05) is 29.9 Å². The predicted octanol–water partition coefficient (Wildman–Crippen LogP) is 5.46. The fourth-order valence-electron chi connectivity index (χ4n) is 5.17. The average molecular weight is 482 g/mol. The monoisotopic (exact) mass is 481 g/mol. The van der Waals surface area contributed by atoms with Gasteiger partial charge in [-0.1, -0.05) is 48.5 Å². The zero-order valence-electron chi connectivity index (χ0n) is 20.5. The lowest BCUT2D eigenvalue weighted by Crippen LogP contribution is -2.33. The fraction of sp³-hybridized carbons (Fsp3) is 0.300. The molecule has 2 aromatic carbocycles. The molecule has 1 aliphatic rings. The van der Waals surface area contributed by atoms with E-state index in [0.717, 1.165) is 53.4 Å². The molecule has 2 aromatic heterocycles. The molecule has 1 saturated carbocycles. The summed E-state index contributed by atoms with van der Waals surface area (Å²) >= 11 is 0. The number of esters is 1. The molecule has 184 valence electrons. The maximum atomic E-state index is 13.2. The molecule has 1 fully saturated rings. The largest absolute Gasteiger partial charge is 0.469 e. The van der Waals surface area contributed by atoms with E-state index in [9.17, 15) is 9.59 Å². The van der Waals surface area contributed by atoms with Gasteiger partial charge in [-0.25, -0.2) is 0 Å². The van der Waals surface area contributed by atoms with Gasteiger partial charge in [-0.2, -0.15) is 0 Å². The molecule has 0 saturated heterocycles. The van der Waals surface area contributed by atoms with Gasteiger partial charge in [-0.3, -0.25) is 14.6 Å². The van der Waals surface area contributed by atoms with Crippen molar-refractivity contribution in [3.05, 3.63) is 90.4 Å². The minimum atomic E-state index is -0.117. The first-order valence-electron chi connectivity index (χ1n) is 12.6. The average Bonchev–Trinajstić information content (AvgIpc) is 3.35. The van der Waals surface area contributed by atoms with Crippen LogP contribution in [0.4, 0.5) is 0 Å². The molecule has 6 nitrogen and oxygen atoms in total. The van der Waals surface area contributed by atoms with Gasteiger partial charge >= 0.3 is 5.97 Å². The molecule has 0 unspecified atom stereocenters. The Balaban J connectivity index is 1.27. The van der Waals surface area contributed by atoms with Gasteiger partial charge in [0.2, 0.25) is 0 Å². The summed E-state index contributed by atoms with van der Waals surface area (Å²) in [5.41, 5.74) is 4.74. The molecular formula is C30H31N3O3. The Kier molecular flexibility index (Phi) is 7.12. The summed E-state index contributed by atoms with van der Waals surface area (Å²) in [6, 6.07) is 22.2. The first-order chi connectivity index (χ1) is 17.6. The Morgan fingerprint density at radius 1 is 0.944 bits per heavy atom. The third-order valence-corrected chi connectivity index (χ3v) is 7.23. The predicted molar refractivity (Wildman–Crippen MR) is 141 cm³/mol. The van der Waals surface area contributed by atoms with E-state index in [1.807, 2.05) is 60.9 Å². The van der Waals surface area contributed by atoms with E-state index in [1.165, 1.54) is 7.11 Å². The second kappa shape index (κ2) is 10.8. The van der Waals surface area contributed by atoms with Crippen LogP contribution < -0.4 is 5.32 Å². The summed E-state index contributed by atoms with van der Waals surface area (Å²) in [5, 5.41) is 4.17. The van der Waals surface area contributed by atoms with Crippen molar-refractivity contribution in [2.45, 2.75) is 32.2 Å². The molecule has 1 N–H and O–H groups in total. The van der Waals surface area contributed by atoms with Crippen molar-refractivity contribution in [1.82, 2.24) is 14.9 Å². The lowest BCUT2D eigenvalue weighted by Gasteiger charge is -2.27. The van der Waals surface area contributed by atoms with Gasteiger partial charge < -0.3 is 14.6 Å². The SMILES string of the molecule is COC(=O)C1CCC(CNC(=O)c2cccc3ccn(Cc4ccc(-c5ccccc5)cn4)c23)CC1. The van der Waals surface area contributed by atoms with Crippen molar-refractivity contribution in [3.8, 4) is 11.1 Å². The Labute approximate surface area is 211 Å². The number of carbonyl (C=O) groups excluding carboxylic acids is 2. The number of ether oxygens (including phenoxy) is 1. The molecule has 0 spiro atoms. The highest BCUT2D eigenvalue weighted by Crippen LogP contribution is 2.29.